The highest BCUT2D eigenvalue weighted by Crippen LogP contribution is 2.23. The lowest BCUT2D eigenvalue weighted by Crippen LogP contribution is -1.90. The standard InChI is InChI=1S/C13H19N/c1-2-3-4-5-11-6-7-13-12(10-11)8-9-14-13/h6-7,10,14H,2-5,8-9H2,1H3. The van der Waals surface area contributed by atoms with Crippen molar-refractivity contribution in [2.24, 2.45) is 0 Å². The maximum absolute atomic E-state index is 3.39. The molecule has 14 heavy (non-hydrogen) atoms. The molecule has 0 aromatic heterocycles. The van der Waals surface area contributed by atoms with Crippen LogP contribution in [-0.4, -0.2) is 6.54 Å². The largest absolute Gasteiger partial charge is 0.384 e. The van der Waals surface area contributed by atoms with Gasteiger partial charge in [0.1, 0.15) is 0 Å². The molecule has 0 saturated heterocycles. The number of anilines is 1. The minimum atomic E-state index is 1.12. The number of rotatable bonds is 4. The summed E-state index contributed by atoms with van der Waals surface area (Å²) in [4.78, 5) is 0. The van der Waals surface area contributed by atoms with Crippen molar-refractivity contribution in [3.8, 4) is 0 Å². The molecule has 1 aliphatic heterocycles. The first kappa shape index (κ1) is 9.57. The van der Waals surface area contributed by atoms with Crippen LogP contribution in [0.25, 0.3) is 0 Å². The molecule has 1 heteroatoms. The summed E-state index contributed by atoms with van der Waals surface area (Å²) in [6, 6.07) is 6.89. The molecule has 1 heterocycles. The number of unbranched alkanes of at least 4 members (excludes halogenated alkanes) is 2. The van der Waals surface area contributed by atoms with Gasteiger partial charge >= 0.3 is 0 Å². The van der Waals surface area contributed by atoms with Gasteiger partial charge in [0.05, 0.1) is 0 Å². The van der Waals surface area contributed by atoms with Gasteiger partial charge in [0.25, 0.3) is 0 Å². The van der Waals surface area contributed by atoms with Gasteiger partial charge in [0, 0.05) is 12.2 Å². The van der Waals surface area contributed by atoms with Crippen molar-refractivity contribution in [3.05, 3.63) is 29.3 Å². The Morgan fingerprint density at radius 2 is 2.21 bits per heavy atom. The van der Waals surface area contributed by atoms with Crippen molar-refractivity contribution >= 4 is 5.69 Å². The second kappa shape index (κ2) is 4.50. The lowest BCUT2D eigenvalue weighted by molar-refractivity contribution is 0.717. The van der Waals surface area contributed by atoms with E-state index in [0.717, 1.165) is 6.54 Å². The highest BCUT2D eigenvalue weighted by molar-refractivity contribution is 5.56. The second-order valence-electron chi connectivity index (χ2n) is 4.13. The molecule has 0 aliphatic carbocycles. The van der Waals surface area contributed by atoms with Crippen molar-refractivity contribution in [3.63, 3.8) is 0 Å². The molecule has 0 saturated carbocycles. The summed E-state index contributed by atoms with van der Waals surface area (Å²) < 4.78 is 0. The van der Waals surface area contributed by atoms with Crippen molar-refractivity contribution in [2.45, 2.75) is 39.0 Å². The van der Waals surface area contributed by atoms with Gasteiger partial charge in [0.2, 0.25) is 0 Å². The Labute approximate surface area is 86.5 Å². The Hall–Kier alpha value is -0.980. The van der Waals surface area contributed by atoms with Crippen LogP contribution in [-0.2, 0) is 12.8 Å². The van der Waals surface area contributed by atoms with Crippen LogP contribution in [0, 0.1) is 0 Å². The Morgan fingerprint density at radius 1 is 1.29 bits per heavy atom. The van der Waals surface area contributed by atoms with Gasteiger partial charge < -0.3 is 5.32 Å². The molecule has 0 amide bonds. The minimum Gasteiger partial charge on any atom is -0.384 e. The Kier molecular flexibility index (Phi) is 3.07. The average Bonchev–Trinajstić information content (AvgIpc) is 2.65. The van der Waals surface area contributed by atoms with Crippen molar-refractivity contribution in [1.82, 2.24) is 0 Å². The van der Waals surface area contributed by atoms with Crippen LogP contribution in [0.4, 0.5) is 5.69 Å². The molecule has 1 aromatic rings. The van der Waals surface area contributed by atoms with Crippen molar-refractivity contribution < 1.29 is 0 Å². The summed E-state index contributed by atoms with van der Waals surface area (Å²) >= 11 is 0. The second-order valence-corrected chi connectivity index (χ2v) is 4.13. The first-order valence-electron chi connectivity index (χ1n) is 5.76. The molecule has 1 aliphatic rings. The quantitative estimate of drug-likeness (QED) is 0.716. The molecule has 1 nitrogen and oxygen atoms in total. The predicted octanol–water partition coefficient (Wildman–Crippen LogP) is 3.39. The molecular weight excluding hydrogens is 170 g/mol. The summed E-state index contributed by atoms with van der Waals surface area (Å²) in [6.07, 6.45) is 6.46. The zero-order valence-electron chi connectivity index (χ0n) is 8.97. The minimum absolute atomic E-state index is 1.12. The van der Waals surface area contributed by atoms with Crippen LogP contribution in [0.15, 0.2) is 18.2 Å². The summed E-state index contributed by atoms with van der Waals surface area (Å²) in [5, 5.41) is 3.39. The van der Waals surface area contributed by atoms with E-state index in [1.54, 1.807) is 0 Å². The molecule has 0 unspecified atom stereocenters. The molecule has 76 valence electrons. The van der Waals surface area contributed by atoms with Gasteiger partial charge in [-0.2, -0.15) is 0 Å². The van der Waals surface area contributed by atoms with E-state index in [0.29, 0.717) is 0 Å². The highest BCUT2D eigenvalue weighted by Gasteiger charge is 2.09. The van der Waals surface area contributed by atoms with E-state index in [-0.39, 0.29) is 0 Å². The van der Waals surface area contributed by atoms with Gasteiger partial charge in [0.15, 0.2) is 0 Å². The number of hydrogen-bond acceptors (Lipinski definition) is 1. The molecule has 0 fully saturated rings. The van der Waals surface area contributed by atoms with E-state index >= 15 is 0 Å². The van der Waals surface area contributed by atoms with Crippen molar-refractivity contribution in [1.29, 1.82) is 0 Å². The van der Waals surface area contributed by atoms with E-state index in [4.69, 9.17) is 0 Å². The first-order chi connectivity index (χ1) is 6.90. The van der Waals surface area contributed by atoms with Crippen LogP contribution < -0.4 is 5.32 Å². The molecule has 1 N–H and O–H groups in total. The van der Waals surface area contributed by atoms with Gasteiger partial charge in [-0.15, -0.1) is 0 Å². The Morgan fingerprint density at radius 3 is 3.07 bits per heavy atom. The van der Waals surface area contributed by atoms with Crippen LogP contribution >= 0.6 is 0 Å². The third-order valence-electron chi connectivity index (χ3n) is 2.95. The molecule has 0 radical (unpaired) electrons. The van der Waals surface area contributed by atoms with Gasteiger partial charge in [-0.25, -0.2) is 0 Å². The van der Waals surface area contributed by atoms with Crippen LogP contribution in [0.3, 0.4) is 0 Å². The summed E-state index contributed by atoms with van der Waals surface area (Å²) in [5.41, 5.74) is 4.38. The molecule has 0 atom stereocenters. The fourth-order valence-corrected chi connectivity index (χ4v) is 2.09. The SMILES string of the molecule is CCCCCc1ccc2c(c1)CCN2. The van der Waals surface area contributed by atoms with Gasteiger partial charge in [-0.3, -0.25) is 0 Å². The Balaban J connectivity index is 1.98. The van der Waals surface area contributed by atoms with Crippen LogP contribution in [0.5, 0.6) is 0 Å². The number of hydrogen-bond donors (Lipinski definition) is 1. The lowest BCUT2D eigenvalue weighted by Gasteiger charge is -2.04. The average molecular weight is 189 g/mol. The maximum atomic E-state index is 3.39. The van der Waals surface area contributed by atoms with E-state index in [1.165, 1.54) is 48.9 Å². The smallest absolute Gasteiger partial charge is 0.0373 e. The maximum Gasteiger partial charge on any atom is 0.0373 e. The summed E-state index contributed by atoms with van der Waals surface area (Å²) in [7, 11) is 0. The lowest BCUT2D eigenvalue weighted by atomic mass is 10.0. The van der Waals surface area contributed by atoms with Crippen molar-refractivity contribution in [2.75, 3.05) is 11.9 Å². The van der Waals surface area contributed by atoms with E-state index in [9.17, 15) is 0 Å². The molecule has 0 spiro atoms. The molecular formula is C13H19N. The number of fused-ring (bicyclic) bond motifs is 1. The summed E-state index contributed by atoms with van der Waals surface area (Å²) in [6.45, 7) is 3.38. The number of benzene rings is 1. The normalized spacial score (nSPS) is 13.8. The third kappa shape index (κ3) is 2.09. The Bertz CT molecular complexity index is 304. The predicted molar refractivity (Wildman–Crippen MR) is 61.9 cm³/mol. The first-order valence-corrected chi connectivity index (χ1v) is 5.76. The monoisotopic (exact) mass is 189 g/mol. The van der Waals surface area contributed by atoms with Gasteiger partial charge in [-0.1, -0.05) is 31.9 Å². The van der Waals surface area contributed by atoms with E-state index in [2.05, 4.69) is 30.4 Å². The van der Waals surface area contributed by atoms with E-state index < -0.39 is 0 Å². The fourth-order valence-electron chi connectivity index (χ4n) is 2.09. The fraction of sp³-hybridized carbons (Fsp3) is 0.538. The van der Waals surface area contributed by atoms with Crippen LogP contribution in [0.1, 0.15) is 37.3 Å². The molecule has 2 rings (SSSR count). The molecule has 1 aromatic carbocycles. The number of nitrogens with one attached hydrogen (secondary N) is 1. The number of aryl methyl sites for hydroxylation is 1. The molecule has 0 bridgehead atoms. The third-order valence-corrected chi connectivity index (χ3v) is 2.95. The summed E-state index contributed by atoms with van der Waals surface area (Å²) in [5.74, 6) is 0. The highest BCUT2D eigenvalue weighted by atomic mass is 14.9. The van der Waals surface area contributed by atoms with Gasteiger partial charge in [-0.05, 0) is 36.5 Å². The van der Waals surface area contributed by atoms with Crippen LogP contribution in [0.2, 0.25) is 0 Å². The topological polar surface area (TPSA) is 12.0 Å². The zero-order chi connectivity index (χ0) is 9.80. The van der Waals surface area contributed by atoms with E-state index in [1.807, 2.05) is 0 Å². The zero-order valence-corrected chi connectivity index (χ0v) is 8.97.